The molecule has 0 aliphatic rings. The molecule has 0 unspecified atom stereocenters. The molecule has 0 amide bonds. The zero-order chi connectivity index (χ0) is 12.6. The van der Waals surface area contributed by atoms with Gasteiger partial charge in [0.2, 0.25) is 5.88 Å². The van der Waals surface area contributed by atoms with E-state index in [1.165, 1.54) is 0 Å². The van der Waals surface area contributed by atoms with Crippen LogP contribution in [0.15, 0.2) is 29.2 Å². The minimum Gasteiger partial charge on any atom is -0.493 e. The number of nitro benzene ring substituents is 1. The zero-order valence-corrected chi connectivity index (χ0v) is 8.25. The number of imidazole rings is 1. The van der Waals surface area contributed by atoms with Gasteiger partial charge in [0, 0.05) is 6.07 Å². The number of aromatic hydroxyl groups is 1. The maximum atomic E-state index is 13.5. The quantitative estimate of drug-likeness (QED) is 0.600. The summed E-state index contributed by atoms with van der Waals surface area (Å²) < 4.78 is 14.3. The second kappa shape index (κ2) is 3.74. The highest BCUT2D eigenvalue weighted by atomic mass is 19.1. The number of benzene rings is 1. The van der Waals surface area contributed by atoms with E-state index in [1.54, 1.807) is 0 Å². The van der Waals surface area contributed by atoms with Crippen LogP contribution >= 0.6 is 0 Å². The van der Waals surface area contributed by atoms with Crippen LogP contribution in [0.25, 0.3) is 5.69 Å². The van der Waals surface area contributed by atoms with Gasteiger partial charge in [0.05, 0.1) is 22.9 Å². The molecule has 0 spiro atoms. The normalized spacial score (nSPS) is 10.4. The first-order valence-electron chi connectivity index (χ1n) is 4.44. The first-order valence-corrected chi connectivity index (χ1v) is 4.44. The Morgan fingerprint density at radius 2 is 2.18 bits per heavy atom. The lowest BCUT2D eigenvalue weighted by Gasteiger charge is -2.01. The number of nitro groups is 1. The Kier molecular flexibility index (Phi) is 2.39. The highest BCUT2D eigenvalue weighted by Crippen LogP contribution is 2.19. The van der Waals surface area contributed by atoms with E-state index in [0.29, 0.717) is 6.07 Å². The second-order valence-electron chi connectivity index (χ2n) is 3.21. The van der Waals surface area contributed by atoms with Crippen LogP contribution in [-0.4, -0.2) is 19.6 Å². The molecule has 0 bridgehead atoms. The minimum absolute atomic E-state index is 0.183. The molecule has 0 aliphatic carbocycles. The fourth-order valence-electron chi connectivity index (χ4n) is 1.37. The first kappa shape index (κ1) is 10.9. The molecule has 7 nitrogen and oxygen atoms in total. The molecule has 2 aromatic rings. The van der Waals surface area contributed by atoms with Crippen molar-refractivity contribution >= 4 is 5.69 Å². The van der Waals surface area contributed by atoms with Gasteiger partial charge in [-0.05, 0) is 6.07 Å². The van der Waals surface area contributed by atoms with Crippen LogP contribution in [0.4, 0.5) is 10.1 Å². The summed E-state index contributed by atoms with van der Waals surface area (Å²) in [5, 5.41) is 19.4. The van der Waals surface area contributed by atoms with E-state index in [9.17, 15) is 19.3 Å². The van der Waals surface area contributed by atoms with Crippen LogP contribution < -0.4 is 5.69 Å². The third-order valence-corrected chi connectivity index (χ3v) is 2.11. The molecule has 2 rings (SSSR count). The number of hydrogen-bond acceptors (Lipinski definition) is 4. The molecule has 1 aromatic heterocycles. The summed E-state index contributed by atoms with van der Waals surface area (Å²) in [7, 11) is 0. The highest BCUT2D eigenvalue weighted by molar-refractivity contribution is 5.42. The van der Waals surface area contributed by atoms with Crippen LogP contribution in [0.2, 0.25) is 0 Å². The summed E-state index contributed by atoms with van der Waals surface area (Å²) in [5.41, 5.74) is -1.34. The molecule has 1 heterocycles. The van der Waals surface area contributed by atoms with Crippen molar-refractivity contribution in [3.8, 4) is 11.6 Å². The van der Waals surface area contributed by atoms with Crippen LogP contribution in [0.1, 0.15) is 0 Å². The van der Waals surface area contributed by atoms with Crippen molar-refractivity contribution in [2.24, 2.45) is 0 Å². The van der Waals surface area contributed by atoms with Crippen LogP contribution in [-0.2, 0) is 0 Å². The number of aromatic nitrogens is 2. The third-order valence-electron chi connectivity index (χ3n) is 2.11. The lowest BCUT2D eigenvalue weighted by molar-refractivity contribution is -0.385. The molecular weight excluding hydrogens is 233 g/mol. The van der Waals surface area contributed by atoms with Crippen molar-refractivity contribution in [1.82, 2.24) is 9.55 Å². The minimum atomic E-state index is -0.930. The Hall–Kier alpha value is -2.64. The molecule has 0 fully saturated rings. The highest BCUT2D eigenvalue weighted by Gasteiger charge is 2.14. The maximum Gasteiger partial charge on any atom is 0.333 e. The topological polar surface area (TPSA) is 101 Å². The molecule has 0 saturated carbocycles. The molecule has 2 N–H and O–H groups in total. The van der Waals surface area contributed by atoms with Gasteiger partial charge in [0.1, 0.15) is 0 Å². The van der Waals surface area contributed by atoms with Crippen molar-refractivity contribution in [3.05, 3.63) is 50.8 Å². The molecule has 0 radical (unpaired) electrons. The number of halogens is 1. The Morgan fingerprint density at radius 3 is 2.65 bits per heavy atom. The van der Waals surface area contributed by atoms with Gasteiger partial charge >= 0.3 is 5.69 Å². The zero-order valence-electron chi connectivity index (χ0n) is 8.25. The van der Waals surface area contributed by atoms with Crippen molar-refractivity contribution < 1.29 is 14.4 Å². The summed E-state index contributed by atoms with van der Waals surface area (Å²) in [6, 6.07) is 2.85. The largest absolute Gasteiger partial charge is 0.493 e. The van der Waals surface area contributed by atoms with Gasteiger partial charge in [-0.2, -0.15) is 0 Å². The van der Waals surface area contributed by atoms with Crippen molar-refractivity contribution in [1.29, 1.82) is 0 Å². The first-order chi connectivity index (χ1) is 7.99. The third kappa shape index (κ3) is 1.87. The van der Waals surface area contributed by atoms with Crippen molar-refractivity contribution in [2.45, 2.75) is 0 Å². The number of rotatable bonds is 2. The lowest BCUT2D eigenvalue weighted by atomic mass is 10.2. The van der Waals surface area contributed by atoms with Gasteiger partial charge < -0.3 is 5.11 Å². The average molecular weight is 239 g/mol. The fourth-order valence-corrected chi connectivity index (χ4v) is 1.37. The van der Waals surface area contributed by atoms with E-state index in [1.807, 2.05) is 4.98 Å². The Labute approximate surface area is 92.9 Å². The SMILES string of the molecule is O=c1[nH]c(O)cn1-c1ccc([N+](=O)[O-])cc1F. The van der Waals surface area contributed by atoms with Crippen molar-refractivity contribution in [2.75, 3.05) is 0 Å². The van der Waals surface area contributed by atoms with E-state index in [-0.39, 0.29) is 5.69 Å². The smallest absolute Gasteiger partial charge is 0.333 e. The maximum absolute atomic E-state index is 13.5. The molecule has 0 atom stereocenters. The van der Waals surface area contributed by atoms with Gasteiger partial charge in [-0.15, -0.1) is 0 Å². The molecule has 88 valence electrons. The molecular formula is C9H6FN3O4. The molecule has 1 aromatic carbocycles. The van der Waals surface area contributed by atoms with E-state index in [4.69, 9.17) is 5.11 Å². The lowest BCUT2D eigenvalue weighted by Crippen LogP contribution is -2.15. The summed E-state index contributed by atoms with van der Waals surface area (Å²) in [5.74, 6) is -1.35. The number of nitrogens with one attached hydrogen (secondary N) is 1. The van der Waals surface area contributed by atoms with Crippen molar-refractivity contribution in [3.63, 3.8) is 0 Å². The molecule has 0 aliphatic heterocycles. The standard InChI is InChI=1S/C9H6FN3O4/c10-6-3-5(13(16)17)1-2-7(6)12-4-8(14)11-9(12)15/h1-4,14H,(H,11,15). The van der Waals surface area contributed by atoms with E-state index < -0.39 is 28.0 Å². The molecule has 17 heavy (non-hydrogen) atoms. The van der Waals surface area contributed by atoms with Crippen LogP contribution in [0.5, 0.6) is 5.88 Å². The van der Waals surface area contributed by atoms with Gasteiger partial charge in [-0.3, -0.25) is 19.7 Å². The predicted molar refractivity (Wildman–Crippen MR) is 54.7 cm³/mol. The Balaban J connectivity index is 2.58. The van der Waals surface area contributed by atoms with Gasteiger partial charge in [-0.25, -0.2) is 9.18 Å². The monoisotopic (exact) mass is 239 g/mol. The van der Waals surface area contributed by atoms with E-state index >= 15 is 0 Å². The number of non-ortho nitro benzene ring substituents is 1. The summed E-state index contributed by atoms with van der Waals surface area (Å²) >= 11 is 0. The second-order valence-corrected chi connectivity index (χ2v) is 3.21. The molecule has 8 heteroatoms. The summed E-state index contributed by atoms with van der Waals surface area (Å²) in [4.78, 5) is 22.9. The number of hydrogen-bond donors (Lipinski definition) is 2. The van der Waals surface area contributed by atoms with Gasteiger partial charge in [-0.1, -0.05) is 0 Å². The predicted octanol–water partition coefficient (Wildman–Crippen LogP) is 0.918. The van der Waals surface area contributed by atoms with Crippen LogP contribution in [0.3, 0.4) is 0 Å². The van der Waals surface area contributed by atoms with E-state index in [0.717, 1.165) is 22.9 Å². The number of aromatic amines is 1. The van der Waals surface area contributed by atoms with Gasteiger partial charge in [0.25, 0.3) is 5.69 Å². The van der Waals surface area contributed by atoms with Crippen LogP contribution in [0, 0.1) is 15.9 Å². The number of nitrogens with zero attached hydrogens (tertiary/aromatic N) is 2. The summed E-state index contributed by atoms with van der Waals surface area (Å²) in [6.45, 7) is 0. The van der Waals surface area contributed by atoms with E-state index in [2.05, 4.69) is 0 Å². The Bertz CT molecular complexity index is 646. The average Bonchev–Trinajstić information content (AvgIpc) is 2.57. The number of H-pyrrole nitrogens is 1. The Morgan fingerprint density at radius 1 is 1.47 bits per heavy atom. The summed E-state index contributed by atoms with van der Waals surface area (Å²) in [6.07, 6.45) is 0.979. The van der Waals surface area contributed by atoms with Gasteiger partial charge in [0.15, 0.2) is 5.82 Å². The molecule has 0 saturated heterocycles. The fraction of sp³-hybridized carbons (Fsp3) is 0.